The molecule has 0 saturated carbocycles. The SMILES string of the molecule is CCN1C(=O)/C(=C\c2ccc(-c3cccc([N+](=O)[O-])c3)o2)S/C1=N/c1nc(C)cs1. The summed E-state index contributed by atoms with van der Waals surface area (Å²) in [4.78, 5) is 34.2. The monoisotopic (exact) mass is 440 g/mol. The Bertz CT molecular complexity index is 1190. The number of nitrogens with zero attached hydrogens (tertiary/aromatic N) is 4. The number of thioether (sulfide) groups is 1. The molecule has 1 aliphatic rings. The molecule has 0 radical (unpaired) electrons. The maximum atomic E-state index is 12.8. The third-order valence-electron chi connectivity index (χ3n) is 4.24. The molecule has 0 N–H and O–H groups in total. The van der Waals surface area contributed by atoms with Crippen LogP contribution in [0.5, 0.6) is 0 Å². The van der Waals surface area contributed by atoms with Crippen LogP contribution in [0.4, 0.5) is 10.8 Å². The average Bonchev–Trinajstić information content (AvgIpc) is 3.43. The first kappa shape index (κ1) is 20.0. The zero-order valence-electron chi connectivity index (χ0n) is 16.1. The van der Waals surface area contributed by atoms with Crippen molar-refractivity contribution in [1.82, 2.24) is 9.88 Å². The number of thiazole rings is 1. The fraction of sp³-hybridized carbons (Fsp3) is 0.150. The summed E-state index contributed by atoms with van der Waals surface area (Å²) >= 11 is 2.69. The number of amidine groups is 1. The molecule has 0 unspecified atom stereocenters. The summed E-state index contributed by atoms with van der Waals surface area (Å²) in [6, 6.07) is 9.66. The maximum Gasteiger partial charge on any atom is 0.270 e. The molecule has 1 amide bonds. The molecule has 0 spiro atoms. The van der Waals surface area contributed by atoms with Crippen LogP contribution in [0.3, 0.4) is 0 Å². The van der Waals surface area contributed by atoms with Gasteiger partial charge >= 0.3 is 0 Å². The number of carbonyl (C=O) groups excluding carboxylic acids is 1. The Labute approximate surface area is 180 Å². The fourth-order valence-electron chi connectivity index (χ4n) is 2.83. The highest BCUT2D eigenvalue weighted by molar-refractivity contribution is 8.18. The van der Waals surface area contributed by atoms with Crippen molar-refractivity contribution < 1.29 is 14.1 Å². The Hall–Kier alpha value is -3.24. The number of nitro groups is 1. The molecule has 0 aliphatic carbocycles. The van der Waals surface area contributed by atoms with Crippen LogP contribution >= 0.6 is 23.1 Å². The van der Waals surface area contributed by atoms with E-state index < -0.39 is 4.92 Å². The van der Waals surface area contributed by atoms with Gasteiger partial charge in [-0.1, -0.05) is 12.1 Å². The predicted molar refractivity (Wildman–Crippen MR) is 118 cm³/mol. The van der Waals surface area contributed by atoms with E-state index >= 15 is 0 Å². The molecule has 0 atom stereocenters. The van der Waals surface area contributed by atoms with Crippen molar-refractivity contribution in [3.05, 3.63) is 68.3 Å². The maximum absolute atomic E-state index is 12.8. The average molecular weight is 441 g/mol. The first-order valence-corrected chi connectivity index (χ1v) is 10.7. The van der Waals surface area contributed by atoms with Gasteiger partial charge in [0.25, 0.3) is 11.6 Å². The van der Waals surface area contributed by atoms with E-state index in [1.165, 1.54) is 35.2 Å². The van der Waals surface area contributed by atoms with Crippen molar-refractivity contribution in [3.63, 3.8) is 0 Å². The van der Waals surface area contributed by atoms with Gasteiger partial charge in [0, 0.05) is 35.7 Å². The van der Waals surface area contributed by atoms with Gasteiger partial charge in [-0.05, 0) is 37.7 Å². The van der Waals surface area contributed by atoms with Crippen LogP contribution in [-0.4, -0.2) is 32.4 Å². The van der Waals surface area contributed by atoms with E-state index in [1.807, 2.05) is 19.2 Å². The first-order chi connectivity index (χ1) is 14.4. The summed E-state index contributed by atoms with van der Waals surface area (Å²) in [5.41, 5.74) is 1.47. The topological polar surface area (TPSA) is 102 Å². The second-order valence-electron chi connectivity index (χ2n) is 6.34. The van der Waals surface area contributed by atoms with Crippen LogP contribution in [0.25, 0.3) is 17.4 Å². The van der Waals surface area contributed by atoms with Gasteiger partial charge in [0.2, 0.25) is 5.13 Å². The summed E-state index contributed by atoms with van der Waals surface area (Å²) in [5, 5.41) is 14.1. The van der Waals surface area contributed by atoms with Gasteiger partial charge in [0.15, 0.2) is 5.17 Å². The molecule has 1 aromatic carbocycles. The molecule has 1 fully saturated rings. The lowest BCUT2D eigenvalue weighted by Crippen LogP contribution is -2.28. The molecular weight excluding hydrogens is 424 g/mol. The van der Waals surface area contributed by atoms with E-state index in [9.17, 15) is 14.9 Å². The number of aryl methyl sites for hydroxylation is 1. The molecule has 30 heavy (non-hydrogen) atoms. The smallest absolute Gasteiger partial charge is 0.270 e. The number of benzene rings is 1. The third kappa shape index (κ3) is 4.05. The number of hydrogen-bond acceptors (Lipinski definition) is 8. The lowest BCUT2D eigenvalue weighted by atomic mass is 10.1. The number of likely N-dealkylation sites (N-methyl/N-ethyl adjacent to an activating group) is 1. The molecule has 3 aromatic rings. The zero-order valence-corrected chi connectivity index (χ0v) is 17.7. The Morgan fingerprint density at radius 3 is 2.87 bits per heavy atom. The van der Waals surface area contributed by atoms with Gasteiger partial charge in [-0.3, -0.25) is 19.8 Å². The summed E-state index contributed by atoms with van der Waals surface area (Å²) in [7, 11) is 0. The number of carbonyl (C=O) groups is 1. The van der Waals surface area contributed by atoms with E-state index in [0.29, 0.717) is 38.8 Å². The lowest BCUT2D eigenvalue weighted by Gasteiger charge is -2.11. The number of furan rings is 1. The number of aromatic nitrogens is 1. The Morgan fingerprint density at radius 2 is 2.17 bits per heavy atom. The van der Waals surface area contributed by atoms with Crippen LogP contribution < -0.4 is 0 Å². The van der Waals surface area contributed by atoms with E-state index in [4.69, 9.17) is 4.42 Å². The van der Waals surface area contributed by atoms with Crippen LogP contribution in [0.1, 0.15) is 18.4 Å². The quantitative estimate of drug-likeness (QED) is 0.305. The standard InChI is InChI=1S/C20H16N4O4S2/c1-3-23-18(25)17(30-20(23)22-19-21-12(2)11-29-19)10-15-7-8-16(28-15)13-5-4-6-14(9-13)24(26)27/h4-11H,3H2,1-2H3/b17-10+,22-20+. The van der Waals surface area contributed by atoms with E-state index in [-0.39, 0.29) is 11.6 Å². The van der Waals surface area contributed by atoms with Crippen molar-refractivity contribution in [2.75, 3.05) is 6.54 Å². The highest BCUT2D eigenvalue weighted by Gasteiger charge is 2.32. The minimum Gasteiger partial charge on any atom is -0.457 e. The van der Waals surface area contributed by atoms with E-state index in [1.54, 1.807) is 35.2 Å². The van der Waals surface area contributed by atoms with Crippen molar-refractivity contribution in [2.45, 2.75) is 13.8 Å². The summed E-state index contributed by atoms with van der Waals surface area (Å²) in [6.07, 6.45) is 1.66. The first-order valence-electron chi connectivity index (χ1n) is 9.01. The van der Waals surface area contributed by atoms with Gasteiger partial charge in [-0.15, -0.1) is 11.3 Å². The molecule has 4 rings (SSSR count). The van der Waals surface area contributed by atoms with E-state index in [2.05, 4.69) is 9.98 Å². The normalized spacial score (nSPS) is 16.7. The van der Waals surface area contributed by atoms with Gasteiger partial charge in [0.05, 0.1) is 15.5 Å². The highest BCUT2D eigenvalue weighted by Crippen LogP contribution is 2.35. The number of amides is 1. The molecule has 10 heteroatoms. The molecule has 1 aliphatic heterocycles. The van der Waals surface area contributed by atoms with Gasteiger partial charge in [-0.25, -0.2) is 4.98 Å². The number of non-ortho nitro benzene ring substituents is 1. The largest absolute Gasteiger partial charge is 0.457 e. The second kappa shape index (κ2) is 8.25. The fourth-order valence-corrected chi connectivity index (χ4v) is 4.58. The van der Waals surface area contributed by atoms with Gasteiger partial charge in [-0.2, -0.15) is 4.99 Å². The highest BCUT2D eigenvalue weighted by atomic mass is 32.2. The van der Waals surface area contributed by atoms with Gasteiger partial charge in [0.1, 0.15) is 11.5 Å². The van der Waals surface area contributed by atoms with Crippen molar-refractivity contribution in [1.29, 1.82) is 0 Å². The van der Waals surface area contributed by atoms with E-state index in [0.717, 1.165) is 5.69 Å². The van der Waals surface area contributed by atoms with Crippen molar-refractivity contribution in [2.24, 2.45) is 4.99 Å². The van der Waals surface area contributed by atoms with Crippen LogP contribution in [-0.2, 0) is 4.79 Å². The number of aliphatic imine (C=N–C) groups is 1. The summed E-state index contributed by atoms with van der Waals surface area (Å²) in [6.45, 7) is 4.27. The summed E-state index contributed by atoms with van der Waals surface area (Å²) < 4.78 is 5.81. The second-order valence-corrected chi connectivity index (χ2v) is 8.18. The Kier molecular flexibility index (Phi) is 5.51. The minimum absolute atomic E-state index is 0.0119. The molecule has 152 valence electrons. The minimum atomic E-state index is -0.451. The molecule has 1 saturated heterocycles. The Balaban J connectivity index is 1.61. The molecule has 2 aromatic heterocycles. The number of rotatable bonds is 5. The zero-order chi connectivity index (χ0) is 21.3. The predicted octanol–water partition coefficient (Wildman–Crippen LogP) is 5.24. The van der Waals surface area contributed by atoms with Crippen molar-refractivity contribution in [3.8, 4) is 11.3 Å². The lowest BCUT2D eigenvalue weighted by molar-refractivity contribution is -0.384. The Morgan fingerprint density at radius 1 is 1.33 bits per heavy atom. The number of hydrogen-bond donors (Lipinski definition) is 0. The van der Waals surface area contributed by atoms with Crippen LogP contribution in [0.2, 0.25) is 0 Å². The summed E-state index contributed by atoms with van der Waals surface area (Å²) in [5.74, 6) is 0.818. The van der Waals surface area contributed by atoms with Crippen molar-refractivity contribution >= 4 is 51.1 Å². The molecule has 0 bridgehead atoms. The molecule has 3 heterocycles. The third-order valence-corrected chi connectivity index (χ3v) is 6.10. The number of nitro benzene ring substituents is 1. The van der Waals surface area contributed by atoms with Gasteiger partial charge < -0.3 is 4.42 Å². The van der Waals surface area contributed by atoms with Crippen LogP contribution in [0, 0.1) is 17.0 Å². The molecule has 8 nitrogen and oxygen atoms in total. The molecular formula is C20H16N4O4S2. The van der Waals surface area contributed by atoms with Crippen LogP contribution in [0.15, 0.2) is 56.1 Å².